The molecule has 0 heterocycles. The molecule has 0 saturated heterocycles. The second kappa shape index (κ2) is 4.38. The Hall–Kier alpha value is -1.44. The fourth-order valence-corrected chi connectivity index (χ4v) is 1.70. The van der Waals surface area contributed by atoms with Crippen LogP contribution < -0.4 is 5.19 Å². The fourth-order valence-electron chi connectivity index (χ4n) is 0.793. The Balaban J connectivity index is 2.60. The predicted molar refractivity (Wildman–Crippen MR) is 51.2 cm³/mol. The van der Waals surface area contributed by atoms with Crippen LogP contribution in [0.15, 0.2) is 30.3 Å². The fraction of sp³-hybridized carbons (Fsp3) is 0. The molecule has 0 saturated carbocycles. The molecule has 0 spiro atoms. The quantitative estimate of drug-likeness (QED) is 0.399. The lowest BCUT2D eigenvalue weighted by atomic mass is 10.4. The molecule has 1 aromatic rings. The molecule has 0 aromatic heterocycles. The highest BCUT2D eigenvalue weighted by Gasteiger charge is 1.84. The summed E-state index contributed by atoms with van der Waals surface area (Å²) in [6.45, 7) is 0. The molecular weight excluding hydrogens is 148 g/mol. The molecule has 1 aromatic carbocycles. The summed E-state index contributed by atoms with van der Waals surface area (Å²) in [5.74, 6) is 4.95. The van der Waals surface area contributed by atoms with Crippen molar-refractivity contribution in [1.82, 2.24) is 0 Å². The van der Waals surface area contributed by atoms with Crippen LogP contribution >= 0.6 is 0 Å². The summed E-state index contributed by atoms with van der Waals surface area (Å²) in [4.78, 5) is 0. The Bertz CT molecular complexity index is 308. The summed E-state index contributed by atoms with van der Waals surface area (Å²) in [6, 6.07) is 10.3. The van der Waals surface area contributed by atoms with Gasteiger partial charge in [0.15, 0.2) is 0 Å². The third-order valence-corrected chi connectivity index (χ3v) is 2.53. The molecule has 0 aliphatic carbocycles. The van der Waals surface area contributed by atoms with E-state index in [4.69, 9.17) is 6.42 Å². The van der Waals surface area contributed by atoms with Gasteiger partial charge in [0.05, 0.1) is 0 Å². The van der Waals surface area contributed by atoms with Gasteiger partial charge >= 0.3 is 0 Å². The molecule has 0 radical (unpaired) electrons. The van der Waals surface area contributed by atoms with Gasteiger partial charge < -0.3 is 0 Å². The second-order valence-corrected chi connectivity index (χ2v) is 3.63. The van der Waals surface area contributed by atoms with Gasteiger partial charge in [-0.1, -0.05) is 35.5 Å². The minimum atomic E-state index is -0.426. The highest BCUT2D eigenvalue weighted by atomic mass is 28.2. The average Bonchev–Trinajstić information content (AvgIpc) is 2.07. The van der Waals surface area contributed by atoms with Gasteiger partial charge in [-0.25, -0.2) is 0 Å². The number of rotatable bonds is 1. The van der Waals surface area contributed by atoms with Crippen molar-refractivity contribution in [1.29, 1.82) is 0 Å². The number of hydrogen-bond donors (Lipinski definition) is 0. The van der Waals surface area contributed by atoms with E-state index in [1.807, 2.05) is 18.2 Å². The van der Waals surface area contributed by atoms with E-state index < -0.39 is 9.52 Å². The van der Waals surface area contributed by atoms with Gasteiger partial charge in [-0.05, 0) is 11.8 Å². The van der Waals surface area contributed by atoms with Crippen molar-refractivity contribution in [2.75, 3.05) is 0 Å². The van der Waals surface area contributed by atoms with Gasteiger partial charge in [0.1, 0.15) is 9.52 Å². The van der Waals surface area contributed by atoms with Crippen molar-refractivity contribution < 1.29 is 0 Å². The lowest BCUT2D eigenvalue weighted by molar-refractivity contribution is 1.77. The molecule has 0 aliphatic rings. The van der Waals surface area contributed by atoms with Crippen LogP contribution in [0.5, 0.6) is 0 Å². The first-order valence-electron chi connectivity index (χ1n) is 3.41. The predicted octanol–water partition coefficient (Wildman–Crippen LogP) is 0.0748. The molecule has 0 amide bonds. The molecule has 1 heteroatoms. The first-order valence-corrected chi connectivity index (χ1v) is 4.82. The van der Waals surface area contributed by atoms with Gasteiger partial charge in [-0.2, -0.15) is 0 Å². The van der Waals surface area contributed by atoms with Crippen LogP contribution in [0.1, 0.15) is 0 Å². The van der Waals surface area contributed by atoms with Crippen molar-refractivity contribution in [2.24, 2.45) is 0 Å². The molecule has 52 valence electrons. The van der Waals surface area contributed by atoms with Crippen molar-refractivity contribution >= 4 is 14.7 Å². The van der Waals surface area contributed by atoms with Gasteiger partial charge in [0.25, 0.3) is 0 Å². The number of hydrogen-bond acceptors (Lipinski definition) is 0. The average molecular weight is 156 g/mol. The molecular formula is C10H8Si. The molecule has 0 fully saturated rings. The molecule has 1 rings (SSSR count). The zero-order valence-corrected chi connectivity index (χ0v) is 7.59. The lowest BCUT2D eigenvalue weighted by Crippen LogP contribution is -2.10. The summed E-state index contributed by atoms with van der Waals surface area (Å²) in [5.41, 5.74) is 3.00. The molecule has 0 bridgehead atoms. The van der Waals surface area contributed by atoms with Crippen molar-refractivity contribution in [2.45, 2.75) is 0 Å². The summed E-state index contributed by atoms with van der Waals surface area (Å²) in [5, 5.41) is 1.34. The zero-order chi connectivity index (χ0) is 7.94. The first-order chi connectivity index (χ1) is 5.43. The minimum Gasteiger partial charge on any atom is -0.120 e. The van der Waals surface area contributed by atoms with Crippen LogP contribution in [0.4, 0.5) is 0 Å². The maximum atomic E-state index is 4.99. The van der Waals surface area contributed by atoms with Gasteiger partial charge in [-0.3, -0.25) is 0 Å². The molecule has 0 aliphatic heterocycles. The van der Waals surface area contributed by atoms with Crippen LogP contribution in [0.3, 0.4) is 0 Å². The highest BCUT2D eigenvalue weighted by Crippen LogP contribution is 1.79. The van der Waals surface area contributed by atoms with Crippen molar-refractivity contribution in [3.8, 4) is 23.8 Å². The van der Waals surface area contributed by atoms with Crippen LogP contribution in [0.2, 0.25) is 0 Å². The normalized spacial score (nSPS) is 8.64. The third kappa shape index (κ3) is 2.75. The Labute approximate surface area is 69.5 Å². The Morgan fingerprint density at radius 2 is 1.91 bits per heavy atom. The Kier molecular flexibility index (Phi) is 3.05. The number of terminal acetylenes is 1. The van der Waals surface area contributed by atoms with E-state index in [2.05, 4.69) is 29.5 Å². The van der Waals surface area contributed by atoms with E-state index in [0.717, 1.165) is 0 Å². The lowest BCUT2D eigenvalue weighted by Gasteiger charge is -1.89. The topological polar surface area (TPSA) is 0 Å². The molecule has 0 atom stereocenters. The summed E-state index contributed by atoms with van der Waals surface area (Å²) in [6.07, 6.45) is 4.99. The summed E-state index contributed by atoms with van der Waals surface area (Å²) in [7, 11) is -0.426. The van der Waals surface area contributed by atoms with Crippen molar-refractivity contribution in [3.63, 3.8) is 0 Å². The van der Waals surface area contributed by atoms with Gasteiger partial charge in [-0.15, -0.1) is 12.0 Å². The highest BCUT2D eigenvalue weighted by molar-refractivity contribution is 6.61. The van der Waals surface area contributed by atoms with E-state index in [1.165, 1.54) is 5.19 Å². The monoisotopic (exact) mass is 156 g/mol. The van der Waals surface area contributed by atoms with E-state index in [-0.39, 0.29) is 0 Å². The second-order valence-electron chi connectivity index (χ2n) is 2.11. The molecule has 0 unspecified atom stereocenters. The summed E-state index contributed by atoms with van der Waals surface area (Å²) >= 11 is 0. The van der Waals surface area contributed by atoms with E-state index >= 15 is 0 Å². The minimum absolute atomic E-state index is 0.426. The van der Waals surface area contributed by atoms with Gasteiger partial charge in [0, 0.05) is 0 Å². The third-order valence-electron chi connectivity index (χ3n) is 1.30. The zero-order valence-electron chi connectivity index (χ0n) is 6.17. The molecule has 11 heavy (non-hydrogen) atoms. The standard InChI is InChI=1S/C10H8Si/c1-2-3-9-11-10-7-5-4-6-8-10/h1,4-8H,11H2. The molecule has 0 nitrogen and oxygen atoms in total. The van der Waals surface area contributed by atoms with Crippen LogP contribution in [-0.4, -0.2) is 9.52 Å². The SMILES string of the molecule is C#CC#C[SiH2]c1ccccc1. The maximum Gasteiger partial charge on any atom is 0.139 e. The first kappa shape index (κ1) is 7.66. The Morgan fingerprint density at radius 1 is 1.18 bits per heavy atom. The largest absolute Gasteiger partial charge is 0.139 e. The number of benzene rings is 1. The van der Waals surface area contributed by atoms with Crippen molar-refractivity contribution in [3.05, 3.63) is 30.3 Å². The Morgan fingerprint density at radius 3 is 2.55 bits per heavy atom. The smallest absolute Gasteiger partial charge is 0.120 e. The maximum absolute atomic E-state index is 4.99. The van der Waals surface area contributed by atoms with Crippen LogP contribution in [-0.2, 0) is 0 Å². The van der Waals surface area contributed by atoms with Gasteiger partial charge in [0.2, 0.25) is 0 Å². The van der Waals surface area contributed by atoms with E-state index in [9.17, 15) is 0 Å². The van der Waals surface area contributed by atoms with E-state index in [0.29, 0.717) is 0 Å². The van der Waals surface area contributed by atoms with Crippen LogP contribution in [0.25, 0.3) is 0 Å². The molecule has 0 N–H and O–H groups in total. The summed E-state index contributed by atoms with van der Waals surface area (Å²) < 4.78 is 0. The van der Waals surface area contributed by atoms with Crippen LogP contribution in [0, 0.1) is 23.8 Å². The van der Waals surface area contributed by atoms with E-state index in [1.54, 1.807) is 0 Å².